The van der Waals surface area contributed by atoms with Gasteiger partial charge in [-0.15, -0.1) is 0 Å². The van der Waals surface area contributed by atoms with Gasteiger partial charge in [-0.25, -0.2) is 9.59 Å². The number of amides is 1. The lowest BCUT2D eigenvalue weighted by Gasteiger charge is -2.21. The Morgan fingerprint density at radius 2 is 1.74 bits per heavy atom. The van der Waals surface area contributed by atoms with Crippen molar-refractivity contribution in [2.75, 3.05) is 0 Å². The van der Waals surface area contributed by atoms with Crippen LogP contribution in [0.1, 0.15) is 51.4 Å². The SMILES string of the molecule is CC(=O)c1cc(C(=O)N[C@H](Cc2ccc(-c3ccccc3)cc2)C[C@@H](O)C(=O)OCc2oc(=O)oc2C)[nH]n1. The number of esters is 1. The Labute approximate surface area is 222 Å². The van der Waals surface area contributed by atoms with Crippen LogP contribution in [0.4, 0.5) is 0 Å². The molecule has 0 unspecified atom stereocenters. The van der Waals surface area contributed by atoms with Crippen molar-refractivity contribution >= 4 is 17.7 Å². The van der Waals surface area contributed by atoms with Gasteiger partial charge in [0.1, 0.15) is 11.4 Å². The highest BCUT2D eigenvalue weighted by atomic mass is 16.6. The van der Waals surface area contributed by atoms with Crippen molar-refractivity contribution in [2.45, 2.75) is 45.4 Å². The van der Waals surface area contributed by atoms with Crippen LogP contribution in [-0.2, 0) is 22.6 Å². The van der Waals surface area contributed by atoms with E-state index >= 15 is 0 Å². The molecule has 2 heterocycles. The number of ether oxygens (including phenoxy) is 1. The molecule has 2 aromatic heterocycles. The molecule has 202 valence electrons. The number of aryl methyl sites for hydroxylation is 1. The molecule has 2 aromatic carbocycles. The normalized spacial score (nSPS) is 12.5. The van der Waals surface area contributed by atoms with Crippen LogP contribution in [0.5, 0.6) is 0 Å². The molecule has 3 N–H and O–H groups in total. The maximum absolute atomic E-state index is 12.9. The predicted octanol–water partition coefficient (Wildman–Crippen LogP) is 2.97. The maximum Gasteiger partial charge on any atom is 0.519 e. The molecule has 0 aliphatic rings. The van der Waals surface area contributed by atoms with E-state index < -0.39 is 36.5 Å². The summed E-state index contributed by atoms with van der Waals surface area (Å²) in [6.07, 6.45) is -1.48. The van der Waals surface area contributed by atoms with Crippen LogP contribution in [0.15, 0.2) is 74.3 Å². The Balaban J connectivity index is 1.46. The molecule has 0 bridgehead atoms. The van der Waals surface area contributed by atoms with Gasteiger partial charge in [0.05, 0.1) is 0 Å². The monoisotopic (exact) mass is 533 g/mol. The van der Waals surface area contributed by atoms with Crippen LogP contribution < -0.4 is 11.1 Å². The summed E-state index contributed by atoms with van der Waals surface area (Å²) in [4.78, 5) is 48.1. The van der Waals surface area contributed by atoms with Crippen LogP contribution in [0, 0.1) is 6.92 Å². The van der Waals surface area contributed by atoms with Crippen LogP contribution >= 0.6 is 0 Å². The zero-order valence-electron chi connectivity index (χ0n) is 21.3. The highest BCUT2D eigenvalue weighted by Crippen LogP contribution is 2.20. The first-order chi connectivity index (χ1) is 18.7. The van der Waals surface area contributed by atoms with Crippen molar-refractivity contribution in [1.29, 1.82) is 0 Å². The Bertz CT molecular complexity index is 1500. The Morgan fingerprint density at radius 1 is 1.05 bits per heavy atom. The summed E-state index contributed by atoms with van der Waals surface area (Å²) in [6.45, 7) is 2.41. The van der Waals surface area contributed by atoms with Gasteiger partial charge in [0.15, 0.2) is 30.0 Å². The fourth-order valence-corrected chi connectivity index (χ4v) is 3.93. The van der Waals surface area contributed by atoms with Crippen molar-refractivity contribution in [1.82, 2.24) is 15.5 Å². The Hall–Kier alpha value is -4.77. The molecule has 4 aromatic rings. The number of nitrogens with zero attached hydrogens (tertiary/aromatic N) is 1. The van der Waals surface area contributed by atoms with Gasteiger partial charge in [-0.1, -0.05) is 54.6 Å². The van der Waals surface area contributed by atoms with Gasteiger partial charge >= 0.3 is 11.8 Å². The van der Waals surface area contributed by atoms with Crippen LogP contribution in [0.2, 0.25) is 0 Å². The molecule has 2 atom stereocenters. The number of ketones is 1. The van der Waals surface area contributed by atoms with E-state index in [1.807, 2.05) is 54.6 Å². The molecule has 0 aliphatic heterocycles. The van der Waals surface area contributed by atoms with Crippen LogP contribution in [-0.4, -0.2) is 45.1 Å². The van der Waals surface area contributed by atoms with Crippen molar-refractivity contribution in [3.63, 3.8) is 0 Å². The number of rotatable bonds is 11. The molecule has 0 fully saturated rings. The van der Waals surface area contributed by atoms with E-state index in [0.29, 0.717) is 0 Å². The van der Waals surface area contributed by atoms with Crippen molar-refractivity contribution in [3.05, 3.63) is 99.8 Å². The van der Waals surface area contributed by atoms with Gasteiger partial charge in [0.25, 0.3) is 5.91 Å². The zero-order valence-corrected chi connectivity index (χ0v) is 21.3. The number of aliphatic hydroxyl groups excluding tert-OH is 1. The van der Waals surface area contributed by atoms with E-state index in [9.17, 15) is 24.3 Å². The van der Waals surface area contributed by atoms with E-state index in [0.717, 1.165) is 16.7 Å². The number of hydrogen-bond donors (Lipinski definition) is 3. The second kappa shape index (κ2) is 12.2. The second-order valence-corrected chi connectivity index (χ2v) is 8.95. The molecule has 4 rings (SSSR count). The van der Waals surface area contributed by atoms with Crippen molar-refractivity contribution in [3.8, 4) is 11.1 Å². The first-order valence-electron chi connectivity index (χ1n) is 12.1. The number of aromatic nitrogens is 2. The van der Waals surface area contributed by atoms with E-state index in [-0.39, 0.29) is 41.5 Å². The fraction of sp³-hybridized carbons (Fsp3) is 0.250. The van der Waals surface area contributed by atoms with Gasteiger partial charge < -0.3 is 24.0 Å². The lowest BCUT2D eigenvalue weighted by atomic mass is 9.97. The number of H-pyrrole nitrogens is 1. The molecule has 0 saturated heterocycles. The summed E-state index contributed by atoms with van der Waals surface area (Å²) in [7, 11) is 0. The molecule has 0 saturated carbocycles. The summed E-state index contributed by atoms with van der Waals surface area (Å²) in [6, 6.07) is 18.2. The lowest BCUT2D eigenvalue weighted by Crippen LogP contribution is -2.41. The number of nitrogens with one attached hydrogen (secondary N) is 2. The standard InChI is InChI=1S/C28H27N3O8/c1-16(32)22-14-23(31-30-22)26(34)29-21(12-18-8-10-20(11-9-18)19-6-4-3-5-7-19)13-24(33)27(35)37-15-25-17(2)38-28(36)39-25/h3-11,14,21,24,33H,12-13,15H2,1-2H3,(H,29,34)(H,30,31)/t21-,24-/m1/s1. The minimum Gasteiger partial charge on any atom is -0.455 e. The van der Waals surface area contributed by atoms with Gasteiger partial charge in [-0.3, -0.25) is 14.7 Å². The summed E-state index contributed by atoms with van der Waals surface area (Å²) < 4.78 is 14.6. The number of aromatic amines is 1. The van der Waals surface area contributed by atoms with Gasteiger partial charge in [0.2, 0.25) is 0 Å². The number of Topliss-reactive ketones (excluding diaryl/α,β-unsaturated/α-hetero) is 1. The van der Waals surface area contributed by atoms with E-state index in [1.165, 1.54) is 19.9 Å². The number of hydrogen-bond acceptors (Lipinski definition) is 9. The first kappa shape index (κ1) is 27.3. The highest BCUT2D eigenvalue weighted by molar-refractivity contribution is 5.97. The average Bonchev–Trinajstić information content (AvgIpc) is 3.54. The van der Waals surface area contributed by atoms with Crippen LogP contribution in [0.3, 0.4) is 0 Å². The molecule has 0 radical (unpaired) electrons. The summed E-state index contributed by atoms with van der Waals surface area (Å²) >= 11 is 0. The quantitative estimate of drug-likeness (QED) is 0.194. The van der Waals surface area contributed by atoms with E-state index in [1.54, 1.807) is 0 Å². The number of benzene rings is 2. The smallest absolute Gasteiger partial charge is 0.455 e. The first-order valence-corrected chi connectivity index (χ1v) is 12.1. The summed E-state index contributed by atoms with van der Waals surface area (Å²) in [5.74, 6) is -2.55. The van der Waals surface area contributed by atoms with E-state index in [2.05, 4.69) is 15.5 Å². The molecule has 0 aliphatic carbocycles. The van der Waals surface area contributed by atoms with E-state index in [4.69, 9.17) is 13.6 Å². The third kappa shape index (κ3) is 7.17. The fourth-order valence-electron chi connectivity index (χ4n) is 3.93. The molecular weight excluding hydrogens is 506 g/mol. The summed E-state index contributed by atoms with van der Waals surface area (Å²) in [5.41, 5.74) is 3.09. The maximum atomic E-state index is 12.9. The molecule has 39 heavy (non-hydrogen) atoms. The third-order valence-electron chi connectivity index (χ3n) is 6.02. The average molecular weight is 534 g/mol. The molecule has 11 heteroatoms. The molecule has 11 nitrogen and oxygen atoms in total. The number of aliphatic hydroxyl groups is 1. The molecule has 0 spiro atoms. The van der Waals surface area contributed by atoms with Gasteiger partial charge in [0, 0.05) is 19.4 Å². The molecule has 1 amide bonds. The predicted molar refractivity (Wildman–Crippen MR) is 138 cm³/mol. The number of carbonyl (C=O) groups excluding carboxylic acids is 3. The topological polar surface area (TPSA) is 165 Å². The van der Waals surface area contributed by atoms with Crippen molar-refractivity contribution < 1.29 is 33.1 Å². The second-order valence-electron chi connectivity index (χ2n) is 8.95. The summed E-state index contributed by atoms with van der Waals surface area (Å²) in [5, 5.41) is 19.7. The minimum absolute atomic E-state index is 0.0319. The largest absolute Gasteiger partial charge is 0.519 e. The third-order valence-corrected chi connectivity index (χ3v) is 6.02. The lowest BCUT2D eigenvalue weighted by molar-refractivity contribution is -0.156. The van der Waals surface area contributed by atoms with Crippen molar-refractivity contribution in [2.24, 2.45) is 0 Å². The molecular formula is C28H27N3O8. The van der Waals surface area contributed by atoms with Crippen LogP contribution in [0.25, 0.3) is 11.1 Å². The van der Waals surface area contributed by atoms with Gasteiger partial charge in [-0.05, 0) is 36.1 Å². The number of carbonyl (C=O) groups is 3. The minimum atomic E-state index is -1.59. The highest BCUT2D eigenvalue weighted by Gasteiger charge is 2.26. The Kier molecular flexibility index (Phi) is 8.52. The van der Waals surface area contributed by atoms with Gasteiger partial charge in [-0.2, -0.15) is 5.10 Å². The zero-order chi connectivity index (χ0) is 27.9. The Morgan fingerprint density at radius 3 is 2.36 bits per heavy atom.